The van der Waals surface area contributed by atoms with Crippen LogP contribution in [0.5, 0.6) is 0 Å². The highest BCUT2D eigenvalue weighted by molar-refractivity contribution is 5.35. The van der Waals surface area contributed by atoms with Crippen LogP contribution in [0.2, 0.25) is 0 Å². The Morgan fingerprint density at radius 3 is 2.42 bits per heavy atom. The smallest absolute Gasteiger partial charge is 0.109 e. The van der Waals surface area contributed by atoms with Crippen molar-refractivity contribution < 1.29 is 4.74 Å². The molecule has 0 heterocycles. The van der Waals surface area contributed by atoms with Gasteiger partial charge in [0.15, 0.2) is 0 Å². The molecule has 0 saturated heterocycles. The van der Waals surface area contributed by atoms with E-state index in [9.17, 15) is 0 Å². The average molecular weight is 252 g/mol. The Bertz CT molecular complexity index is 486. The van der Waals surface area contributed by atoms with E-state index in [1.54, 1.807) is 0 Å². The van der Waals surface area contributed by atoms with Gasteiger partial charge < -0.3 is 4.74 Å². The van der Waals surface area contributed by atoms with E-state index < -0.39 is 0 Å². The van der Waals surface area contributed by atoms with Gasteiger partial charge in [0.05, 0.1) is 5.92 Å². The first-order valence-corrected chi connectivity index (χ1v) is 6.39. The van der Waals surface area contributed by atoms with Crippen molar-refractivity contribution in [1.29, 1.82) is 0 Å². The van der Waals surface area contributed by atoms with Crippen molar-refractivity contribution in [3.63, 3.8) is 0 Å². The van der Waals surface area contributed by atoms with Crippen molar-refractivity contribution in [2.75, 3.05) is 13.2 Å². The van der Waals surface area contributed by atoms with E-state index in [1.807, 2.05) is 51.1 Å². The Morgan fingerprint density at radius 1 is 1.11 bits per heavy atom. The zero-order valence-corrected chi connectivity index (χ0v) is 11.9. The van der Waals surface area contributed by atoms with E-state index in [2.05, 4.69) is 29.6 Å². The molecule has 1 atom stereocenters. The third-order valence-corrected chi connectivity index (χ3v) is 1.88. The molecule has 0 aromatic heterocycles. The normalized spacial score (nSPS) is 9.37. The number of ether oxygens (including phenoxy) is 1. The summed E-state index contributed by atoms with van der Waals surface area (Å²) >= 11 is 0. The van der Waals surface area contributed by atoms with Crippen LogP contribution in [0.1, 0.15) is 26.3 Å². The van der Waals surface area contributed by atoms with Gasteiger partial charge in [-0.25, -0.2) is 0 Å². The Labute approximate surface area is 117 Å². The van der Waals surface area contributed by atoms with Gasteiger partial charge in [-0.15, -0.1) is 6.42 Å². The number of hydrogen-bond donors (Lipinski definition) is 0. The summed E-state index contributed by atoms with van der Waals surface area (Å²) < 4.78 is 5.04. The molecule has 0 fully saturated rings. The van der Waals surface area contributed by atoms with Crippen molar-refractivity contribution in [2.24, 2.45) is 5.92 Å². The second-order valence-electron chi connectivity index (χ2n) is 3.38. The second kappa shape index (κ2) is 12.3. The highest BCUT2D eigenvalue weighted by Crippen LogP contribution is 1.96. The number of benzene rings is 1. The Hall–Kier alpha value is -2.14. The van der Waals surface area contributed by atoms with Crippen LogP contribution in [0.25, 0.3) is 0 Å². The van der Waals surface area contributed by atoms with Crippen LogP contribution in [-0.2, 0) is 4.74 Å². The molecule has 0 N–H and O–H groups in total. The van der Waals surface area contributed by atoms with Crippen molar-refractivity contribution in [3.8, 4) is 36.0 Å². The molecule has 1 rings (SSSR count). The van der Waals surface area contributed by atoms with Gasteiger partial charge in [0.1, 0.15) is 13.2 Å². The molecule has 98 valence electrons. The van der Waals surface area contributed by atoms with Gasteiger partial charge in [0.2, 0.25) is 0 Å². The lowest BCUT2D eigenvalue weighted by Gasteiger charge is -1.92. The molecule has 0 amide bonds. The molecule has 0 bridgehead atoms. The minimum absolute atomic E-state index is 0.0321. The molecular weight excluding hydrogens is 232 g/mol. The number of rotatable bonds is 2. The minimum atomic E-state index is 0.0321. The number of hydrogen-bond acceptors (Lipinski definition) is 1. The molecule has 1 aromatic rings. The summed E-state index contributed by atoms with van der Waals surface area (Å²) in [4.78, 5) is 0. The lowest BCUT2D eigenvalue weighted by atomic mass is 10.1. The summed E-state index contributed by atoms with van der Waals surface area (Å²) in [5.74, 6) is 14.4. The van der Waals surface area contributed by atoms with E-state index in [0.717, 1.165) is 5.56 Å². The van der Waals surface area contributed by atoms with Crippen LogP contribution < -0.4 is 0 Å². The third kappa shape index (κ3) is 9.55. The van der Waals surface area contributed by atoms with Gasteiger partial charge in [-0.2, -0.15) is 0 Å². The largest absolute Gasteiger partial charge is 0.356 e. The molecule has 0 aliphatic heterocycles. The van der Waals surface area contributed by atoms with Gasteiger partial charge in [-0.1, -0.05) is 61.6 Å². The Kier molecular flexibility index (Phi) is 10.9. The zero-order chi connectivity index (χ0) is 14.3. The van der Waals surface area contributed by atoms with E-state index in [1.165, 1.54) is 0 Å². The van der Waals surface area contributed by atoms with Crippen molar-refractivity contribution in [3.05, 3.63) is 35.9 Å². The molecule has 0 aliphatic rings. The molecule has 1 heteroatoms. The minimum Gasteiger partial charge on any atom is -0.356 e. The topological polar surface area (TPSA) is 9.23 Å². The molecule has 1 aromatic carbocycles. The maximum absolute atomic E-state index is 5.04. The highest BCUT2D eigenvalue weighted by Gasteiger charge is 1.88. The molecule has 0 aliphatic carbocycles. The van der Waals surface area contributed by atoms with Crippen LogP contribution in [0.15, 0.2) is 30.3 Å². The van der Waals surface area contributed by atoms with Crippen LogP contribution in [0.4, 0.5) is 0 Å². The predicted molar refractivity (Wildman–Crippen MR) is 81.3 cm³/mol. The van der Waals surface area contributed by atoms with Gasteiger partial charge >= 0.3 is 0 Å². The van der Waals surface area contributed by atoms with Crippen LogP contribution >= 0.6 is 0 Å². The first-order valence-electron chi connectivity index (χ1n) is 6.39. The van der Waals surface area contributed by atoms with Crippen LogP contribution in [0, 0.1) is 41.9 Å². The van der Waals surface area contributed by atoms with Gasteiger partial charge in [-0.05, 0) is 19.1 Å². The van der Waals surface area contributed by atoms with E-state index >= 15 is 0 Å². The molecule has 0 spiro atoms. The maximum atomic E-state index is 5.04. The van der Waals surface area contributed by atoms with E-state index in [0.29, 0.717) is 13.2 Å². The van der Waals surface area contributed by atoms with Gasteiger partial charge in [-0.3, -0.25) is 0 Å². The average Bonchev–Trinajstić information content (AvgIpc) is 2.48. The quantitative estimate of drug-likeness (QED) is 0.579. The molecule has 19 heavy (non-hydrogen) atoms. The lowest BCUT2D eigenvalue weighted by Crippen LogP contribution is -1.92. The summed E-state index contributed by atoms with van der Waals surface area (Å²) in [6, 6.07) is 9.85. The predicted octanol–water partition coefficient (Wildman–Crippen LogP) is 3.35. The summed E-state index contributed by atoms with van der Waals surface area (Å²) in [5, 5.41) is 0. The fourth-order valence-corrected chi connectivity index (χ4v) is 1.10. The zero-order valence-electron chi connectivity index (χ0n) is 11.9. The lowest BCUT2D eigenvalue weighted by molar-refractivity contribution is 0.204. The molecule has 1 nitrogen and oxygen atoms in total. The van der Waals surface area contributed by atoms with Gasteiger partial charge in [0.25, 0.3) is 0 Å². The molecular formula is C18H20O. The summed E-state index contributed by atoms with van der Waals surface area (Å²) in [7, 11) is 0. The highest BCUT2D eigenvalue weighted by atomic mass is 16.5. The fraction of sp³-hybridized carbons (Fsp3) is 0.333. The van der Waals surface area contributed by atoms with Crippen LogP contribution in [-0.4, -0.2) is 13.2 Å². The second-order valence-corrected chi connectivity index (χ2v) is 3.38. The Morgan fingerprint density at radius 2 is 1.79 bits per heavy atom. The first-order chi connectivity index (χ1) is 9.33. The SMILES string of the molecule is C#CCOCC#CC(C)C#Cc1ccccc1.CC. The Balaban J connectivity index is 0.00000154. The summed E-state index contributed by atoms with van der Waals surface area (Å²) in [6.07, 6.45) is 5.04. The fourth-order valence-electron chi connectivity index (χ4n) is 1.10. The molecule has 1 unspecified atom stereocenters. The van der Waals surface area contributed by atoms with Crippen molar-refractivity contribution in [2.45, 2.75) is 20.8 Å². The summed E-state index contributed by atoms with van der Waals surface area (Å²) in [5.41, 5.74) is 1.00. The monoisotopic (exact) mass is 252 g/mol. The first kappa shape index (κ1) is 16.9. The third-order valence-electron chi connectivity index (χ3n) is 1.88. The van der Waals surface area contributed by atoms with Gasteiger partial charge in [0, 0.05) is 5.56 Å². The molecule has 0 radical (unpaired) electrons. The summed E-state index contributed by atoms with van der Waals surface area (Å²) in [6.45, 7) is 6.63. The van der Waals surface area contributed by atoms with Crippen LogP contribution in [0.3, 0.4) is 0 Å². The van der Waals surface area contributed by atoms with E-state index in [4.69, 9.17) is 11.2 Å². The molecule has 0 saturated carbocycles. The van der Waals surface area contributed by atoms with Crippen molar-refractivity contribution in [1.82, 2.24) is 0 Å². The number of terminal acetylenes is 1. The standard InChI is InChI=1S/C16H14O.C2H6/c1-3-13-17-14-7-8-15(2)11-12-16-9-5-4-6-10-16;1-2/h1,4-6,9-10,15H,13-14H2,2H3;1-2H3. The van der Waals surface area contributed by atoms with Crippen molar-refractivity contribution >= 4 is 0 Å². The maximum Gasteiger partial charge on any atom is 0.109 e. The van der Waals surface area contributed by atoms with E-state index in [-0.39, 0.29) is 5.92 Å².